The van der Waals surface area contributed by atoms with Crippen LogP contribution >= 0.6 is 0 Å². The van der Waals surface area contributed by atoms with E-state index in [1.54, 1.807) is 0 Å². The molecule has 0 aromatic rings. The summed E-state index contributed by atoms with van der Waals surface area (Å²) in [6.07, 6.45) is 7.65. The molecule has 0 radical (unpaired) electrons. The Hall–Kier alpha value is -0.120. The van der Waals surface area contributed by atoms with Gasteiger partial charge in [0.25, 0.3) is 0 Å². The molecule has 3 heteroatoms. The van der Waals surface area contributed by atoms with Gasteiger partial charge in [-0.15, -0.1) is 0 Å². The summed E-state index contributed by atoms with van der Waals surface area (Å²) in [5.74, 6) is 0. The summed E-state index contributed by atoms with van der Waals surface area (Å²) < 4.78 is 11.7. The number of rotatable bonds is 9. The van der Waals surface area contributed by atoms with Crippen molar-refractivity contribution in [2.24, 2.45) is 0 Å². The third-order valence-electron chi connectivity index (χ3n) is 3.36. The normalized spacial score (nSPS) is 19.3. The van der Waals surface area contributed by atoms with Crippen LogP contribution in [0.4, 0.5) is 0 Å². The molecule has 3 nitrogen and oxygen atoms in total. The lowest BCUT2D eigenvalue weighted by Gasteiger charge is -2.29. The maximum absolute atomic E-state index is 5.84. The predicted octanol–water partition coefficient (Wildman–Crippen LogP) is 3.43. The Labute approximate surface area is 113 Å². The second-order valence-electron chi connectivity index (χ2n) is 5.53. The maximum Gasteiger partial charge on any atom is 0.159 e. The second kappa shape index (κ2) is 9.76. The van der Waals surface area contributed by atoms with Crippen LogP contribution in [0, 0.1) is 0 Å². The number of ether oxygens (including phenoxy) is 2. The molecule has 1 fully saturated rings. The van der Waals surface area contributed by atoms with Gasteiger partial charge in [-0.3, -0.25) is 0 Å². The minimum atomic E-state index is -0.0153. The number of unbranched alkanes of at least 4 members (excludes halogenated alkanes) is 1. The quantitative estimate of drug-likeness (QED) is 0.466. The van der Waals surface area contributed by atoms with Crippen LogP contribution in [0.5, 0.6) is 0 Å². The molecule has 0 bridgehead atoms. The number of piperidine rings is 1. The molecular weight excluding hydrogens is 226 g/mol. The molecule has 0 saturated carbocycles. The zero-order valence-corrected chi connectivity index (χ0v) is 12.5. The summed E-state index contributed by atoms with van der Waals surface area (Å²) >= 11 is 0. The van der Waals surface area contributed by atoms with Crippen LogP contribution in [0.25, 0.3) is 0 Å². The Bertz CT molecular complexity index is 191. The van der Waals surface area contributed by atoms with Crippen LogP contribution in [0.1, 0.15) is 59.3 Å². The Morgan fingerprint density at radius 2 is 1.83 bits per heavy atom. The zero-order chi connectivity index (χ0) is 13.2. The molecule has 1 aliphatic heterocycles. The standard InChI is InChI=1S/C15H31NO2/c1-4-5-13-17-15(18-14(2)3)9-12-16-10-7-6-8-11-16/h14-15H,4-13H2,1-3H3. The summed E-state index contributed by atoms with van der Waals surface area (Å²) in [5.41, 5.74) is 0. The third-order valence-corrected chi connectivity index (χ3v) is 3.36. The van der Waals surface area contributed by atoms with Crippen molar-refractivity contribution in [3.63, 3.8) is 0 Å². The van der Waals surface area contributed by atoms with Crippen molar-refractivity contribution >= 4 is 0 Å². The van der Waals surface area contributed by atoms with E-state index in [4.69, 9.17) is 9.47 Å². The van der Waals surface area contributed by atoms with Crippen molar-refractivity contribution in [1.82, 2.24) is 4.90 Å². The topological polar surface area (TPSA) is 21.7 Å². The van der Waals surface area contributed by atoms with Gasteiger partial charge < -0.3 is 14.4 Å². The molecule has 1 rings (SSSR count). The first kappa shape index (κ1) is 15.9. The van der Waals surface area contributed by atoms with E-state index < -0.39 is 0 Å². The van der Waals surface area contributed by atoms with Crippen molar-refractivity contribution in [3.8, 4) is 0 Å². The van der Waals surface area contributed by atoms with Gasteiger partial charge in [-0.2, -0.15) is 0 Å². The summed E-state index contributed by atoms with van der Waals surface area (Å²) in [6.45, 7) is 10.8. The van der Waals surface area contributed by atoms with E-state index >= 15 is 0 Å². The van der Waals surface area contributed by atoms with Gasteiger partial charge in [0, 0.05) is 19.6 Å². The molecule has 1 saturated heterocycles. The largest absolute Gasteiger partial charge is 0.353 e. The minimum absolute atomic E-state index is 0.0153. The third kappa shape index (κ3) is 7.34. The van der Waals surface area contributed by atoms with E-state index in [0.29, 0.717) is 0 Å². The second-order valence-corrected chi connectivity index (χ2v) is 5.53. The fourth-order valence-electron chi connectivity index (χ4n) is 2.32. The summed E-state index contributed by atoms with van der Waals surface area (Å²) in [7, 11) is 0. The molecule has 0 aromatic carbocycles. The Kier molecular flexibility index (Phi) is 8.64. The lowest BCUT2D eigenvalue weighted by atomic mass is 10.1. The van der Waals surface area contributed by atoms with Gasteiger partial charge in [-0.1, -0.05) is 19.8 Å². The van der Waals surface area contributed by atoms with Gasteiger partial charge in [0.1, 0.15) is 0 Å². The van der Waals surface area contributed by atoms with Crippen LogP contribution < -0.4 is 0 Å². The molecule has 1 aliphatic rings. The Balaban J connectivity index is 2.20. The molecular formula is C15H31NO2. The minimum Gasteiger partial charge on any atom is -0.353 e. The molecule has 1 unspecified atom stereocenters. The van der Waals surface area contributed by atoms with E-state index in [2.05, 4.69) is 25.7 Å². The average Bonchev–Trinajstić information content (AvgIpc) is 2.37. The highest BCUT2D eigenvalue weighted by molar-refractivity contribution is 4.65. The average molecular weight is 257 g/mol. The molecule has 0 N–H and O–H groups in total. The van der Waals surface area contributed by atoms with E-state index in [0.717, 1.165) is 26.0 Å². The van der Waals surface area contributed by atoms with Crippen molar-refractivity contribution in [2.75, 3.05) is 26.2 Å². The van der Waals surface area contributed by atoms with Gasteiger partial charge in [-0.25, -0.2) is 0 Å². The summed E-state index contributed by atoms with van der Waals surface area (Å²) in [4.78, 5) is 2.55. The van der Waals surface area contributed by atoms with Crippen molar-refractivity contribution in [3.05, 3.63) is 0 Å². The number of hydrogen-bond donors (Lipinski definition) is 0. The smallest absolute Gasteiger partial charge is 0.159 e. The van der Waals surface area contributed by atoms with Crippen molar-refractivity contribution in [2.45, 2.75) is 71.7 Å². The van der Waals surface area contributed by atoms with E-state index in [1.165, 1.54) is 38.8 Å². The van der Waals surface area contributed by atoms with Crippen molar-refractivity contribution in [1.29, 1.82) is 0 Å². The van der Waals surface area contributed by atoms with Gasteiger partial charge in [0.05, 0.1) is 6.10 Å². The summed E-state index contributed by atoms with van der Waals surface area (Å²) in [6, 6.07) is 0. The molecule has 108 valence electrons. The zero-order valence-electron chi connectivity index (χ0n) is 12.5. The molecule has 0 aliphatic carbocycles. The highest BCUT2D eigenvalue weighted by Gasteiger charge is 2.15. The van der Waals surface area contributed by atoms with Crippen LogP contribution in [0.15, 0.2) is 0 Å². The van der Waals surface area contributed by atoms with Gasteiger partial charge in [0.15, 0.2) is 6.29 Å². The maximum atomic E-state index is 5.84. The number of hydrogen-bond acceptors (Lipinski definition) is 3. The van der Waals surface area contributed by atoms with E-state index in [1.807, 2.05) is 0 Å². The fourth-order valence-corrected chi connectivity index (χ4v) is 2.32. The van der Waals surface area contributed by atoms with Crippen LogP contribution in [0.3, 0.4) is 0 Å². The highest BCUT2D eigenvalue weighted by Crippen LogP contribution is 2.12. The van der Waals surface area contributed by atoms with Crippen LogP contribution in [0.2, 0.25) is 0 Å². The molecule has 1 atom stereocenters. The van der Waals surface area contributed by atoms with E-state index in [-0.39, 0.29) is 12.4 Å². The molecule has 1 heterocycles. The molecule has 18 heavy (non-hydrogen) atoms. The van der Waals surface area contributed by atoms with Gasteiger partial charge in [0.2, 0.25) is 0 Å². The number of likely N-dealkylation sites (tertiary alicyclic amines) is 1. The van der Waals surface area contributed by atoms with Crippen molar-refractivity contribution < 1.29 is 9.47 Å². The number of nitrogens with zero attached hydrogens (tertiary/aromatic N) is 1. The first-order chi connectivity index (χ1) is 8.72. The lowest BCUT2D eigenvalue weighted by Crippen LogP contribution is -2.34. The van der Waals surface area contributed by atoms with Gasteiger partial charge in [-0.05, 0) is 46.2 Å². The fraction of sp³-hybridized carbons (Fsp3) is 1.00. The first-order valence-corrected chi connectivity index (χ1v) is 7.71. The first-order valence-electron chi connectivity index (χ1n) is 7.71. The predicted molar refractivity (Wildman–Crippen MR) is 75.8 cm³/mol. The van der Waals surface area contributed by atoms with Crippen LogP contribution in [-0.4, -0.2) is 43.5 Å². The Morgan fingerprint density at radius 1 is 1.11 bits per heavy atom. The monoisotopic (exact) mass is 257 g/mol. The van der Waals surface area contributed by atoms with E-state index in [9.17, 15) is 0 Å². The molecule has 0 aromatic heterocycles. The highest BCUT2D eigenvalue weighted by atomic mass is 16.7. The molecule has 0 amide bonds. The molecule has 0 spiro atoms. The van der Waals surface area contributed by atoms with Gasteiger partial charge >= 0.3 is 0 Å². The summed E-state index contributed by atoms with van der Waals surface area (Å²) in [5, 5.41) is 0. The Morgan fingerprint density at radius 3 is 2.44 bits per heavy atom. The SMILES string of the molecule is CCCCOC(CCN1CCCCC1)OC(C)C. The lowest BCUT2D eigenvalue weighted by molar-refractivity contribution is -0.168. The van der Waals surface area contributed by atoms with Crippen LogP contribution in [-0.2, 0) is 9.47 Å².